The predicted octanol–water partition coefficient (Wildman–Crippen LogP) is 5.09. The Balaban J connectivity index is 1.47. The molecule has 0 spiro atoms. The molecule has 0 amide bonds. The molecule has 2 bridgehead atoms. The number of likely N-dealkylation sites (N-methyl/N-ethyl adjacent to an activating group) is 1. The van der Waals surface area contributed by atoms with E-state index >= 15 is 0 Å². The van der Waals surface area contributed by atoms with Crippen LogP contribution in [0.3, 0.4) is 0 Å². The molecule has 232 valence electrons. The van der Waals surface area contributed by atoms with E-state index in [4.69, 9.17) is 23.7 Å². The Morgan fingerprint density at radius 2 is 1.89 bits per heavy atom. The first-order valence-corrected chi connectivity index (χ1v) is 15.0. The van der Waals surface area contributed by atoms with Crippen molar-refractivity contribution in [2.24, 2.45) is 0 Å². The van der Waals surface area contributed by atoms with Gasteiger partial charge in [0.1, 0.15) is 11.8 Å². The predicted molar refractivity (Wildman–Crippen MR) is 164 cm³/mol. The largest absolute Gasteiger partial charge is 0.504 e. The van der Waals surface area contributed by atoms with Gasteiger partial charge in [0.15, 0.2) is 23.0 Å². The number of phenols is 1. The second kappa shape index (κ2) is 11.0. The molecule has 0 saturated carbocycles. The Morgan fingerprint density at radius 1 is 1.13 bits per heavy atom. The first-order chi connectivity index (χ1) is 21.7. The maximum Gasteiger partial charge on any atom is 0.308 e. The molecule has 3 aromatic carbocycles. The molecule has 45 heavy (non-hydrogen) atoms. The van der Waals surface area contributed by atoms with Gasteiger partial charge >= 0.3 is 5.97 Å². The lowest BCUT2D eigenvalue weighted by Gasteiger charge is -2.57. The summed E-state index contributed by atoms with van der Waals surface area (Å²) in [6, 6.07) is 12.9. The number of ether oxygens (including phenoxy) is 5. The molecule has 1 N–H and O–H groups in total. The fourth-order valence-electron chi connectivity index (χ4n) is 7.58. The van der Waals surface area contributed by atoms with Crippen LogP contribution in [0, 0.1) is 25.2 Å². The zero-order chi connectivity index (χ0) is 31.6. The van der Waals surface area contributed by atoms with Gasteiger partial charge in [-0.05, 0) is 50.1 Å². The van der Waals surface area contributed by atoms with Gasteiger partial charge in [0.05, 0.1) is 38.5 Å². The number of nitriles is 1. The highest BCUT2D eigenvalue weighted by atomic mass is 16.7. The minimum atomic E-state index is -0.565. The van der Waals surface area contributed by atoms with E-state index in [1.165, 1.54) is 6.92 Å². The molecule has 4 atom stereocenters. The Morgan fingerprint density at radius 3 is 2.60 bits per heavy atom. The number of fused-ring (bicyclic) bond motifs is 9. The van der Waals surface area contributed by atoms with Crippen molar-refractivity contribution < 1.29 is 33.6 Å². The summed E-state index contributed by atoms with van der Waals surface area (Å²) in [6.07, 6.45) is 2.54. The number of carbonyl (C=O) groups is 1. The first-order valence-electron chi connectivity index (χ1n) is 15.0. The van der Waals surface area contributed by atoms with Crippen molar-refractivity contribution in [1.82, 2.24) is 9.80 Å². The van der Waals surface area contributed by atoms with Crippen LogP contribution < -0.4 is 18.9 Å². The average Bonchev–Trinajstić information content (AvgIpc) is 3.51. The van der Waals surface area contributed by atoms with Crippen LogP contribution in [0.2, 0.25) is 0 Å². The Kier molecular flexibility index (Phi) is 7.10. The highest BCUT2D eigenvalue weighted by Gasteiger charge is 2.53. The van der Waals surface area contributed by atoms with Gasteiger partial charge in [-0.25, -0.2) is 0 Å². The standard InChI is InChI=1S/C35H35N3O7/c1-18-11-22-12-24-26(14-36)38-25(30(37(24)4)28(22)31(40)32(18)41-5)13-23-29(27(38)16-42-15-21-9-7-6-8-10-21)35-34(43-17-44-35)19(2)33(23)45-20(3)39/h6-11,13,24,26-27,30,40H,12,15-17H2,1-5H3/t24-,26-,27-,30+/m0/s1. The zero-order valence-electron chi connectivity index (χ0n) is 25.9. The lowest BCUT2D eigenvalue weighted by molar-refractivity contribution is -0.131. The highest BCUT2D eigenvalue weighted by molar-refractivity contribution is 5.81. The third-order valence-corrected chi connectivity index (χ3v) is 9.44. The van der Waals surface area contributed by atoms with Crippen LogP contribution in [0.25, 0.3) is 6.08 Å². The Bertz CT molecular complexity index is 1780. The summed E-state index contributed by atoms with van der Waals surface area (Å²) in [4.78, 5) is 16.7. The van der Waals surface area contributed by atoms with Gasteiger partial charge in [-0.1, -0.05) is 36.4 Å². The molecular weight excluding hydrogens is 574 g/mol. The number of aromatic hydroxyl groups is 1. The van der Waals surface area contributed by atoms with Crippen molar-refractivity contribution in [3.63, 3.8) is 0 Å². The summed E-state index contributed by atoms with van der Waals surface area (Å²) in [5, 5.41) is 22.4. The summed E-state index contributed by atoms with van der Waals surface area (Å²) in [6.45, 7) is 5.73. The van der Waals surface area contributed by atoms with E-state index in [1.54, 1.807) is 7.11 Å². The van der Waals surface area contributed by atoms with E-state index in [2.05, 4.69) is 21.9 Å². The van der Waals surface area contributed by atoms with E-state index in [9.17, 15) is 15.2 Å². The number of hydrogen-bond donors (Lipinski definition) is 1. The maximum absolute atomic E-state index is 12.4. The van der Waals surface area contributed by atoms with E-state index in [0.717, 1.165) is 33.5 Å². The molecule has 7 rings (SSSR count). The van der Waals surface area contributed by atoms with Crippen LogP contribution in [-0.4, -0.2) is 60.5 Å². The van der Waals surface area contributed by atoms with E-state index in [-0.39, 0.29) is 25.2 Å². The highest BCUT2D eigenvalue weighted by Crippen LogP contribution is 2.59. The van der Waals surface area contributed by atoms with E-state index in [1.807, 2.05) is 57.3 Å². The molecule has 0 aliphatic carbocycles. The maximum atomic E-state index is 12.4. The molecule has 3 aromatic rings. The fourth-order valence-corrected chi connectivity index (χ4v) is 7.58. The Labute approximate surface area is 261 Å². The number of rotatable bonds is 6. The number of esters is 1. The summed E-state index contributed by atoms with van der Waals surface area (Å²) in [5.41, 5.74) is 6.41. The van der Waals surface area contributed by atoms with Crippen LogP contribution in [-0.2, 0) is 22.6 Å². The molecule has 0 aromatic heterocycles. The minimum Gasteiger partial charge on any atom is -0.504 e. The van der Waals surface area contributed by atoms with Crippen LogP contribution in [0.1, 0.15) is 58.0 Å². The second-order valence-corrected chi connectivity index (χ2v) is 12.0. The molecule has 1 fully saturated rings. The lowest BCUT2D eigenvalue weighted by atomic mass is 9.75. The number of phenolic OH excluding ortho intramolecular Hbond substituents is 1. The summed E-state index contributed by atoms with van der Waals surface area (Å²) in [5.74, 6) is 1.50. The number of methoxy groups -OCH3 is 1. The van der Waals surface area contributed by atoms with Gasteiger partial charge in [0, 0.05) is 40.9 Å². The smallest absolute Gasteiger partial charge is 0.308 e. The number of nitrogens with zero attached hydrogens (tertiary/aromatic N) is 3. The van der Waals surface area contributed by atoms with E-state index < -0.39 is 24.1 Å². The zero-order valence-corrected chi connectivity index (χ0v) is 25.9. The molecule has 1 saturated heterocycles. The van der Waals surface area contributed by atoms with Crippen molar-refractivity contribution in [1.29, 1.82) is 5.26 Å². The topological polar surface area (TPSA) is 114 Å². The average molecular weight is 610 g/mol. The fraction of sp³-hybridized carbons (Fsp3) is 0.371. The monoisotopic (exact) mass is 609 g/mol. The van der Waals surface area contributed by atoms with Gasteiger partial charge in [-0.2, -0.15) is 5.26 Å². The molecular formula is C35H35N3O7. The molecule has 0 unspecified atom stereocenters. The summed E-state index contributed by atoms with van der Waals surface area (Å²) >= 11 is 0. The molecule has 4 heterocycles. The number of benzene rings is 3. The second-order valence-electron chi connectivity index (χ2n) is 12.0. The molecule has 10 heteroatoms. The van der Waals surface area contributed by atoms with Crippen molar-refractivity contribution >= 4 is 12.0 Å². The van der Waals surface area contributed by atoms with E-state index in [0.29, 0.717) is 47.2 Å². The Hall–Kier alpha value is -4.72. The lowest BCUT2D eigenvalue weighted by Crippen LogP contribution is -2.62. The molecule has 0 radical (unpaired) electrons. The van der Waals surface area contributed by atoms with Gasteiger partial charge in [0.2, 0.25) is 6.79 Å². The quantitative estimate of drug-likeness (QED) is 0.300. The molecule has 4 aliphatic heterocycles. The first kappa shape index (κ1) is 29.0. The van der Waals surface area contributed by atoms with Crippen LogP contribution in [0.5, 0.6) is 28.7 Å². The molecule has 4 aliphatic rings. The third-order valence-electron chi connectivity index (χ3n) is 9.44. The van der Waals surface area contributed by atoms with Crippen molar-refractivity contribution in [2.75, 3.05) is 27.6 Å². The number of hydrogen-bond acceptors (Lipinski definition) is 10. The normalized spacial score (nSPS) is 22.5. The van der Waals surface area contributed by atoms with Crippen LogP contribution in [0.4, 0.5) is 0 Å². The third kappa shape index (κ3) is 4.41. The van der Waals surface area contributed by atoms with Crippen molar-refractivity contribution in [3.05, 3.63) is 81.0 Å². The van der Waals surface area contributed by atoms with Gasteiger partial charge in [-0.15, -0.1) is 0 Å². The minimum absolute atomic E-state index is 0.0242. The SMILES string of the molecule is COc1c(C)cc2c(c1O)[C@H]1C3=Cc4c(OC(C)=O)c(C)c5c(c4[C@H](COCc4ccccc4)N3[C@@H](C#N)[C@H](C2)N1C)OCO5. The van der Waals surface area contributed by atoms with Crippen LogP contribution >= 0.6 is 0 Å². The van der Waals surface area contributed by atoms with Gasteiger partial charge in [0.25, 0.3) is 0 Å². The number of carbonyl (C=O) groups excluding carboxylic acids is 1. The van der Waals surface area contributed by atoms with Crippen molar-refractivity contribution in [3.8, 4) is 34.8 Å². The van der Waals surface area contributed by atoms with Crippen molar-refractivity contribution in [2.45, 2.75) is 58.0 Å². The summed E-state index contributed by atoms with van der Waals surface area (Å²) in [7, 11) is 3.54. The number of aryl methyl sites for hydroxylation is 1. The molecule has 10 nitrogen and oxygen atoms in total. The van der Waals surface area contributed by atoms with Crippen LogP contribution in [0.15, 0.2) is 42.1 Å². The van der Waals surface area contributed by atoms with Gasteiger partial charge < -0.3 is 33.7 Å². The number of piperazine rings is 1. The summed E-state index contributed by atoms with van der Waals surface area (Å²) < 4.78 is 29.9. The van der Waals surface area contributed by atoms with Gasteiger partial charge in [-0.3, -0.25) is 9.69 Å².